The summed E-state index contributed by atoms with van der Waals surface area (Å²) in [6, 6.07) is 0.175. The minimum Gasteiger partial charge on any atom is -0.337 e. The number of nitrogens with one attached hydrogen (secondary N) is 1. The third-order valence-corrected chi connectivity index (χ3v) is 4.43. The molecule has 0 spiro atoms. The number of hydrogen-bond donors (Lipinski definition) is 1. The van der Waals surface area contributed by atoms with Crippen LogP contribution >= 0.6 is 0 Å². The predicted molar refractivity (Wildman–Crippen MR) is 70.2 cm³/mol. The first-order valence-corrected chi connectivity index (χ1v) is 7.51. The van der Waals surface area contributed by atoms with Gasteiger partial charge in [0.05, 0.1) is 12.0 Å². The molecular weight excluding hydrogens is 269 g/mol. The van der Waals surface area contributed by atoms with Crippen molar-refractivity contribution in [2.24, 2.45) is 11.8 Å². The molecule has 116 valence electrons. The fourth-order valence-electron chi connectivity index (χ4n) is 3.15. The second-order valence-corrected chi connectivity index (χ2v) is 5.95. The molecule has 2 fully saturated rings. The molecule has 0 aromatic heterocycles. The largest absolute Gasteiger partial charge is 0.391 e. The summed E-state index contributed by atoms with van der Waals surface area (Å²) in [5.74, 6) is -1.80. The van der Waals surface area contributed by atoms with Gasteiger partial charge in [-0.25, -0.2) is 0 Å². The maximum absolute atomic E-state index is 12.8. The molecule has 2 atom stereocenters. The summed E-state index contributed by atoms with van der Waals surface area (Å²) in [5, 5.41) is 3.12. The Morgan fingerprint density at radius 2 is 2.00 bits per heavy atom. The molecule has 1 heterocycles. The monoisotopic (exact) mass is 292 g/mol. The first kappa shape index (κ1) is 15.6. The van der Waals surface area contributed by atoms with Crippen molar-refractivity contribution in [1.29, 1.82) is 0 Å². The zero-order valence-electron chi connectivity index (χ0n) is 11.9. The van der Waals surface area contributed by atoms with Crippen LogP contribution in [-0.2, 0) is 4.79 Å². The van der Waals surface area contributed by atoms with Gasteiger partial charge in [-0.2, -0.15) is 13.2 Å². The van der Waals surface area contributed by atoms with Crippen LogP contribution in [0.1, 0.15) is 39.0 Å². The van der Waals surface area contributed by atoms with E-state index in [-0.39, 0.29) is 24.8 Å². The third kappa shape index (κ3) is 3.45. The highest BCUT2D eigenvalue weighted by atomic mass is 19.4. The van der Waals surface area contributed by atoms with Crippen LogP contribution in [0, 0.1) is 11.8 Å². The Labute approximate surface area is 117 Å². The van der Waals surface area contributed by atoms with E-state index in [2.05, 4.69) is 5.32 Å². The van der Waals surface area contributed by atoms with Crippen LogP contribution in [-0.4, -0.2) is 42.7 Å². The highest BCUT2D eigenvalue weighted by Crippen LogP contribution is 2.40. The molecule has 0 radical (unpaired) electrons. The number of carbonyl (C=O) groups is 1. The molecule has 1 aliphatic heterocycles. The number of alkyl halides is 3. The van der Waals surface area contributed by atoms with E-state index in [4.69, 9.17) is 0 Å². The van der Waals surface area contributed by atoms with E-state index in [1.807, 2.05) is 6.92 Å². The highest BCUT2D eigenvalue weighted by Gasteiger charge is 2.44. The Morgan fingerprint density at radius 1 is 1.30 bits per heavy atom. The maximum atomic E-state index is 12.8. The van der Waals surface area contributed by atoms with E-state index in [0.29, 0.717) is 19.4 Å². The van der Waals surface area contributed by atoms with Crippen molar-refractivity contribution in [3.05, 3.63) is 0 Å². The predicted octanol–water partition coefficient (Wildman–Crippen LogP) is 2.57. The normalized spacial score (nSPS) is 28.0. The standard InChI is InChI=1S/C14H23F3N2O/c1-2-6-19(12-8-18-9-12)13(20)10-4-3-5-11(7-10)14(15,16)17/h10-12,18H,2-9H2,1H3. The first-order chi connectivity index (χ1) is 9.43. The average molecular weight is 292 g/mol. The Balaban J connectivity index is 1.99. The van der Waals surface area contributed by atoms with Crippen molar-refractivity contribution in [2.45, 2.75) is 51.2 Å². The average Bonchev–Trinajstić information content (AvgIpc) is 2.34. The summed E-state index contributed by atoms with van der Waals surface area (Å²) in [4.78, 5) is 14.3. The molecule has 0 bridgehead atoms. The Morgan fingerprint density at radius 3 is 2.50 bits per heavy atom. The van der Waals surface area contributed by atoms with Crippen molar-refractivity contribution >= 4 is 5.91 Å². The molecule has 0 aromatic rings. The van der Waals surface area contributed by atoms with Gasteiger partial charge in [0.1, 0.15) is 0 Å². The number of carbonyl (C=O) groups excluding carboxylic acids is 1. The highest BCUT2D eigenvalue weighted by molar-refractivity contribution is 5.79. The summed E-state index contributed by atoms with van der Waals surface area (Å²) in [6.45, 7) is 4.17. The van der Waals surface area contributed by atoms with Gasteiger partial charge in [0.2, 0.25) is 5.91 Å². The van der Waals surface area contributed by atoms with Crippen LogP contribution in [0.5, 0.6) is 0 Å². The Kier molecular flexibility index (Phi) is 4.94. The van der Waals surface area contributed by atoms with Gasteiger partial charge in [-0.15, -0.1) is 0 Å². The molecule has 2 unspecified atom stereocenters. The molecule has 2 rings (SSSR count). The zero-order valence-corrected chi connectivity index (χ0v) is 11.9. The van der Waals surface area contributed by atoms with E-state index < -0.39 is 18.0 Å². The number of amides is 1. The van der Waals surface area contributed by atoms with E-state index in [9.17, 15) is 18.0 Å². The number of hydrogen-bond acceptors (Lipinski definition) is 2. The number of nitrogens with zero attached hydrogens (tertiary/aromatic N) is 1. The van der Waals surface area contributed by atoms with Gasteiger partial charge >= 0.3 is 6.18 Å². The third-order valence-electron chi connectivity index (χ3n) is 4.43. The zero-order chi connectivity index (χ0) is 14.8. The summed E-state index contributed by atoms with van der Waals surface area (Å²) in [5.41, 5.74) is 0. The van der Waals surface area contributed by atoms with E-state index in [1.54, 1.807) is 4.90 Å². The smallest absolute Gasteiger partial charge is 0.337 e. The molecule has 1 saturated heterocycles. The van der Waals surface area contributed by atoms with Gasteiger partial charge < -0.3 is 10.2 Å². The fraction of sp³-hybridized carbons (Fsp3) is 0.929. The van der Waals surface area contributed by atoms with Crippen LogP contribution in [0.2, 0.25) is 0 Å². The molecule has 3 nitrogen and oxygen atoms in total. The Hall–Kier alpha value is -0.780. The van der Waals surface area contributed by atoms with Crippen molar-refractivity contribution < 1.29 is 18.0 Å². The van der Waals surface area contributed by atoms with E-state index >= 15 is 0 Å². The van der Waals surface area contributed by atoms with Crippen molar-refractivity contribution in [3.8, 4) is 0 Å². The topological polar surface area (TPSA) is 32.3 Å². The van der Waals surface area contributed by atoms with E-state index in [1.165, 1.54) is 0 Å². The van der Waals surface area contributed by atoms with Crippen molar-refractivity contribution in [3.63, 3.8) is 0 Å². The van der Waals surface area contributed by atoms with Gasteiger partial charge in [0.15, 0.2) is 0 Å². The lowest BCUT2D eigenvalue weighted by atomic mass is 9.80. The fourth-order valence-corrected chi connectivity index (χ4v) is 3.15. The quantitative estimate of drug-likeness (QED) is 0.863. The molecule has 6 heteroatoms. The molecule has 0 aromatic carbocycles. The van der Waals surface area contributed by atoms with E-state index in [0.717, 1.165) is 19.5 Å². The van der Waals surface area contributed by atoms with Gasteiger partial charge in [-0.1, -0.05) is 13.3 Å². The van der Waals surface area contributed by atoms with Gasteiger partial charge in [0, 0.05) is 25.6 Å². The van der Waals surface area contributed by atoms with Gasteiger partial charge in [-0.05, 0) is 25.7 Å². The second-order valence-electron chi connectivity index (χ2n) is 5.95. The molecule has 20 heavy (non-hydrogen) atoms. The van der Waals surface area contributed by atoms with Crippen LogP contribution in [0.3, 0.4) is 0 Å². The van der Waals surface area contributed by atoms with Crippen LogP contribution < -0.4 is 5.32 Å². The van der Waals surface area contributed by atoms with Crippen molar-refractivity contribution in [1.82, 2.24) is 10.2 Å². The summed E-state index contributed by atoms with van der Waals surface area (Å²) in [6.07, 6.45) is -2.06. The van der Waals surface area contributed by atoms with Crippen LogP contribution in [0.4, 0.5) is 13.2 Å². The molecule has 1 amide bonds. The lowest BCUT2D eigenvalue weighted by Crippen LogP contribution is -2.60. The van der Waals surface area contributed by atoms with Gasteiger partial charge in [-0.3, -0.25) is 4.79 Å². The van der Waals surface area contributed by atoms with Crippen molar-refractivity contribution in [2.75, 3.05) is 19.6 Å². The molecule has 1 aliphatic carbocycles. The molecule has 1 N–H and O–H groups in total. The molecular formula is C14H23F3N2O. The summed E-state index contributed by atoms with van der Waals surface area (Å²) >= 11 is 0. The molecule has 1 saturated carbocycles. The summed E-state index contributed by atoms with van der Waals surface area (Å²) < 4.78 is 38.5. The lowest BCUT2D eigenvalue weighted by molar-refractivity contribution is -0.187. The minimum absolute atomic E-state index is 0.0251. The first-order valence-electron chi connectivity index (χ1n) is 7.51. The molecule has 2 aliphatic rings. The lowest BCUT2D eigenvalue weighted by Gasteiger charge is -2.41. The maximum Gasteiger partial charge on any atom is 0.391 e. The number of halogens is 3. The summed E-state index contributed by atoms with van der Waals surface area (Å²) in [7, 11) is 0. The van der Waals surface area contributed by atoms with Gasteiger partial charge in [0.25, 0.3) is 0 Å². The SMILES string of the molecule is CCCN(C(=O)C1CCCC(C(F)(F)F)C1)C1CNC1. The van der Waals surface area contributed by atoms with Crippen LogP contribution in [0.25, 0.3) is 0 Å². The number of rotatable bonds is 4. The Bertz CT molecular complexity index is 342. The minimum atomic E-state index is -4.16. The second kappa shape index (κ2) is 6.33. The van der Waals surface area contributed by atoms with Crippen LogP contribution in [0.15, 0.2) is 0 Å².